The second-order valence-electron chi connectivity index (χ2n) is 6.02. The van der Waals surface area contributed by atoms with Crippen molar-refractivity contribution in [3.63, 3.8) is 0 Å². The van der Waals surface area contributed by atoms with E-state index in [0.29, 0.717) is 21.6 Å². The molecule has 0 spiro atoms. The van der Waals surface area contributed by atoms with Crippen LogP contribution in [0.5, 0.6) is 0 Å². The molecule has 1 unspecified atom stereocenters. The van der Waals surface area contributed by atoms with Gasteiger partial charge in [-0.3, -0.25) is 9.59 Å². The maximum absolute atomic E-state index is 10.9. The predicted octanol–water partition coefficient (Wildman–Crippen LogP) is 6.49. The summed E-state index contributed by atoms with van der Waals surface area (Å²) >= 11 is 15.0. The normalized spacial score (nSPS) is 12.6. The third-order valence-corrected chi connectivity index (χ3v) is 6.62. The Morgan fingerprint density at radius 2 is 1.38 bits per heavy atom. The van der Waals surface area contributed by atoms with Crippen LogP contribution in [-0.2, 0) is 9.59 Å². The topological polar surface area (TPSA) is 74.6 Å². The molecule has 0 amide bonds. The van der Waals surface area contributed by atoms with Crippen molar-refractivity contribution in [1.29, 1.82) is 0 Å². The Balaban J connectivity index is 2.33. The van der Waals surface area contributed by atoms with Gasteiger partial charge in [-0.05, 0) is 35.4 Å². The Morgan fingerprint density at radius 1 is 0.862 bits per heavy atom. The smallest absolute Gasteiger partial charge is 0.304 e. The predicted molar refractivity (Wildman–Crippen MR) is 123 cm³/mol. The molecule has 1 atom stereocenters. The van der Waals surface area contributed by atoms with Gasteiger partial charge < -0.3 is 10.2 Å². The molecule has 2 N–H and O–H groups in total. The highest BCUT2D eigenvalue weighted by Gasteiger charge is 2.14. The second kappa shape index (κ2) is 12.2. The SMILES string of the molecule is O=C(O)CCS/C(=C\C(SCCC(=O)O)c1ccc(Cl)cc1)c1ccc(Cl)cc1. The highest BCUT2D eigenvalue weighted by molar-refractivity contribution is 8.08. The van der Waals surface area contributed by atoms with Gasteiger partial charge in [0.1, 0.15) is 0 Å². The number of halogens is 2. The molecular weight excluding hydrogens is 451 g/mol. The molecule has 4 nitrogen and oxygen atoms in total. The summed E-state index contributed by atoms with van der Waals surface area (Å²) < 4.78 is 0. The molecule has 0 aromatic heterocycles. The van der Waals surface area contributed by atoms with Crippen LogP contribution < -0.4 is 0 Å². The van der Waals surface area contributed by atoms with E-state index in [9.17, 15) is 9.59 Å². The number of hydrogen-bond donors (Lipinski definition) is 2. The van der Waals surface area contributed by atoms with Crippen LogP contribution in [0.2, 0.25) is 10.0 Å². The van der Waals surface area contributed by atoms with E-state index in [1.165, 1.54) is 23.5 Å². The Hall–Kier alpha value is -1.60. The van der Waals surface area contributed by atoms with E-state index in [1.54, 1.807) is 24.3 Å². The third kappa shape index (κ3) is 8.74. The van der Waals surface area contributed by atoms with Crippen molar-refractivity contribution >= 4 is 63.6 Å². The molecule has 2 aromatic rings. The summed E-state index contributed by atoms with van der Waals surface area (Å²) in [4.78, 5) is 22.8. The van der Waals surface area contributed by atoms with Crippen molar-refractivity contribution in [1.82, 2.24) is 0 Å². The monoisotopic (exact) mass is 470 g/mol. The lowest BCUT2D eigenvalue weighted by Crippen LogP contribution is -2.00. The van der Waals surface area contributed by atoms with E-state index in [2.05, 4.69) is 0 Å². The summed E-state index contributed by atoms with van der Waals surface area (Å²) in [5.74, 6) is -0.813. The molecule has 0 aliphatic carbocycles. The van der Waals surface area contributed by atoms with E-state index in [0.717, 1.165) is 16.0 Å². The molecule has 0 saturated carbocycles. The highest BCUT2D eigenvalue weighted by Crippen LogP contribution is 2.38. The number of carboxylic acid groups (broad SMARTS) is 2. The molecule has 154 valence electrons. The first-order valence-electron chi connectivity index (χ1n) is 8.76. The van der Waals surface area contributed by atoms with Gasteiger partial charge in [0, 0.05) is 31.7 Å². The number of carbonyl (C=O) groups is 2. The van der Waals surface area contributed by atoms with Gasteiger partial charge in [-0.25, -0.2) is 0 Å². The second-order valence-corrected chi connectivity index (χ2v) is 9.28. The molecule has 2 rings (SSSR count). The van der Waals surface area contributed by atoms with Gasteiger partial charge in [0.15, 0.2) is 0 Å². The fourth-order valence-electron chi connectivity index (χ4n) is 2.39. The number of thioether (sulfide) groups is 2. The molecule has 0 aliphatic rings. The van der Waals surface area contributed by atoms with Crippen molar-refractivity contribution in [2.45, 2.75) is 18.1 Å². The van der Waals surface area contributed by atoms with Gasteiger partial charge in [-0.1, -0.05) is 53.5 Å². The van der Waals surface area contributed by atoms with Gasteiger partial charge in [0.2, 0.25) is 0 Å². The minimum absolute atomic E-state index is 0.0490. The first-order valence-corrected chi connectivity index (χ1v) is 11.6. The lowest BCUT2D eigenvalue weighted by molar-refractivity contribution is -0.137. The van der Waals surface area contributed by atoms with Crippen LogP contribution in [0.25, 0.3) is 4.91 Å². The third-order valence-electron chi connectivity index (χ3n) is 3.82. The minimum atomic E-state index is -0.849. The molecule has 0 radical (unpaired) electrons. The molecule has 2 aromatic carbocycles. The van der Waals surface area contributed by atoms with Crippen LogP contribution in [0, 0.1) is 0 Å². The fourth-order valence-corrected chi connectivity index (χ4v) is 4.89. The first-order chi connectivity index (χ1) is 13.8. The van der Waals surface area contributed by atoms with Crippen LogP contribution in [0.15, 0.2) is 54.6 Å². The van der Waals surface area contributed by atoms with E-state index < -0.39 is 11.9 Å². The number of hydrogen-bond acceptors (Lipinski definition) is 4. The van der Waals surface area contributed by atoms with Crippen LogP contribution in [-0.4, -0.2) is 33.7 Å². The average molecular weight is 471 g/mol. The Bertz CT molecular complexity index is 852. The molecule has 0 aliphatic heterocycles. The molecule has 8 heteroatoms. The molecule has 0 heterocycles. The van der Waals surface area contributed by atoms with Crippen molar-refractivity contribution in [3.8, 4) is 0 Å². The summed E-state index contributed by atoms with van der Waals surface area (Å²) in [5, 5.41) is 19.1. The number of aliphatic carboxylic acids is 2. The van der Waals surface area contributed by atoms with E-state index in [1.807, 2.05) is 30.3 Å². The summed E-state index contributed by atoms with van der Waals surface area (Å²) in [6, 6.07) is 14.8. The van der Waals surface area contributed by atoms with Crippen molar-refractivity contribution in [2.75, 3.05) is 11.5 Å². The van der Waals surface area contributed by atoms with E-state index in [-0.39, 0.29) is 18.1 Å². The van der Waals surface area contributed by atoms with E-state index in [4.69, 9.17) is 33.4 Å². The van der Waals surface area contributed by atoms with Crippen molar-refractivity contribution in [3.05, 3.63) is 75.8 Å². The molecule has 0 bridgehead atoms. The van der Waals surface area contributed by atoms with Gasteiger partial charge in [-0.15, -0.1) is 23.5 Å². The largest absolute Gasteiger partial charge is 0.481 e. The first kappa shape index (κ1) is 23.7. The Kier molecular flexibility index (Phi) is 9.94. The zero-order valence-corrected chi connectivity index (χ0v) is 18.5. The fraction of sp³-hybridized carbons (Fsp3) is 0.238. The Labute approximate surface area is 188 Å². The molecular formula is C21H20Cl2O4S2. The number of carboxylic acids is 2. The average Bonchev–Trinajstić information content (AvgIpc) is 2.67. The van der Waals surface area contributed by atoms with Crippen molar-refractivity contribution < 1.29 is 19.8 Å². The molecule has 0 saturated heterocycles. The standard InChI is InChI=1S/C21H20Cl2O4S2/c22-16-5-1-14(2-6-16)18(28-11-9-20(24)25)13-19(29-12-10-21(26)27)15-3-7-17(23)8-4-15/h1-8,13,18H,9-12H2,(H,24,25)(H,26,27)/b19-13-. The summed E-state index contributed by atoms with van der Waals surface area (Å²) in [6.45, 7) is 0. The van der Waals surface area contributed by atoms with Crippen molar-refractivity contribution in [2.24, 2.45) is 0 Å². The van der Waals surface area contributed by atoms with Gasteiger partial charge in [0.25, 0.3) is 0 Å². The number of benzene rings is 2. The molecule has 0 fully saturated rings. The zero-order chi connectivity index (χ0) is 21.2. The maximum atomic E-state index is 10.9. The maximum Gasteiger partial charge on any atom is 0.304 e. The quantitative estimate of drug-likeness (QED) is 0.390. The summed E-state index contributed by atoms with van der Waals surface area (Å²) in [7, 11) is 0. The van der Waals surface area contributed by atoms with Crippen LogP contribution >= 0.6 is 46.7 Å². The Morgan fingerprint density at radius 3 is 1.93 bits per heavy atom. The van der Waals surface area contributed by atoms with Gasteiger partial charge in [-0.2, -0.15) is 0 Å². The number of rotatable bonds is 11. The van der Waals surface area contributed by atoms with Crippen LogP contribution in [0.3, 0.4) is 0 Å². The van der Waals surface area contributed by atoms with Crippen LogP contribution in [0.1, 0.15) is 29.2 Å². The van der Waals surface area contributed by atoms with Gasteiger partial charge in [0.05, 0.1) is 12.8 Å². The van der Waals surface area contributed by atoms with E-state index >= 15 is 0 Å². The minimum Gasteiger partial charge on any atom is -0.481 e. The molecule has 29 heavy (non-hydrogen) atoms. The summed E-state index contributed by atoms with van der Waals surface area (Å²) in [5.41, 5.74) is 1.93. The lowest BCUT2D eigenvalue weighted by Gasteiger charge is -2.16. The zero-order valence-electron chi connectivity index (χ0n) is 15.4. The highest BCUT2D eigenvalue weighted by atomic mass is 35.5. The van der Waals surface area contributed by atoms with Crippen LogP contribution in [0.4, 0.5) is 0 Å². The summed E-state index contributed by atoms with van der Waals surface area (Å²) in [6.07, 6.45) is 2.16. The van der Waals surface area contributed by atoms with Gasteiger partial charge >= 0.3 is 11.9 Å². The lowest BCUT2D eigenvalue weighted by atomic mass is 10.1.